The van der Waals surface area contributed by atoms with Gasteiger partial charge in [-0.15, -0.1) is 0 Å². The number of esters is 1. The van der Waals surface area contributed by atoms with E-state index in [2.05, 4.69) is 9.72 Å². The summed E-state index contributed by atoms with van der Waals surface area (Å²) in [6.07, 6.45) is -0.568. The first-order chi connectivity index (χ1) is 11.0. The van der Waals surface area contributed by atoms with E-state index in [1.54, 1.807) is 24.3 Å². The zero-order chi connectivity index (χ0) is 16.4. The molecule has 0 spiro atoms. The Morgan fingerprint density at radius 3 is 2.52 bits per heavy atom. The van der Waals surface area contributed by atoms with E-state index in [-0.39, 0.29) is 0 Å². The fourth-order valence-corrected chi connectivity index (χ4v) is 2.24. The van der Waals surface area contributed by atoms with Crippen LogP contribution in [0.3, 0.4) is 0 Å². The van der Waals surface area contributed by atoms with Gasteiger partial charge in [-0.3, -0.25) is 0 Å². The first-order valence-corrected chi connectivity index (χ1v) is 6.91. The van der Waals surface area contributed by atoms with Crippen molar-refractivity contribution in [3.8, 4) is 0 Å². The van der Waals surface area contributed by atoms with E-state index >= 15 is 0 Å². The van der Waals surface area contributed by atoms with Crippen molar-refractivity contribution in [3.05, 3.63) is 65.5 Å². The summed E-state index contributed by atoms with van der Waals surface area (Å²) in [5.41, 5.74) is 1.39. The molecule has 1 heterocycles. The van der Waals surface area contributed by atoms with Crippen molar-refractivity contribution in [1.82, 2.24) is 4.98 Å². The molecule has 0 amide bonds. The Hall–Kier alpha value is -2.76. The van der Waals surface area contributed by atoms with Crippen LogP contribution in [0.1, 0.15) is 21.8 Å². The predicted octanol–water partition coefficient (Wildman–Crippen LogP) is 3.95. The number of alkyl halides is 2. The summed E-state index contributed by atoms with van der Waals surface area (Å²) in [6, 6.07) is 12.4. The summed E-state index contributed by atoms with van der Waals surface area (Å²) in [6.45, 7) is 0. The van der Waals surface area contributed by atoms with Gasteiger partial charge in [-0.05, 0) is 29.8 Å². The molecule has 0 saturated carbocycles. The third-order valence-corrected chi connectivity index (χ3v) is 3.41. The fraction of sp³-hybridized carbons (Fsp3) is 0.176. The number of methoxy groups -OCH3 is 1. The number of hydrogen-bond donors (Lipinski definition) is 0. The van der Waals surface area contributed by atoms with Gasteiger partial charge in [-0.1, -0.05) is 24.3 Å². The van der Waals surface area contributed by atoms with Crippen LogP contribution < -0.4 is 0 Å². The number of hydrogen-bond acceptors (Lipinski definition) is 4. The lowest BCUT2D eigenvalue weighted by atomic mass is 10.1. The number of nitrogens with zero attached hydrogens (tertiary/aromatic N) is 1. The fourth-order valence-electron chi connectivity index (χ4n) is 2.24. The number of fused-ring (bicyclic) bond motifs is 1. The lowest BCUT2D eigenvalue weighted by molar-refractivity contribution is -0.0293. The second kappa shape index (κ2) is 5.79. The summed E-state index contributed by atoms with van der Waals surface area (Å²) in [7, 11) is 1.26. The highest BCUT2D eigenvalue weighted by atomic mass is 19.3. The maximum atomic E-state index is 14.4. The number of ether oxygens (including phenoxy) is 1. The van der Waals surface area contributed by atoms with E-state index < -0.39 is 24.2 Å². The molecule has 6 heteroatoms. The molecule has 3 aromatic rings. The highest BCUT2D eigenvalue weighted by Crippen LogP contribution is 2.33. The van der Waals surface area contributed by atoms with Gasteiger partial charge in [-0.2, -0.15) is 8.78 Å². The summed E-state index contributed by atoms with van der Waals surface area (Å²) in [4.78, 5) is 15.2. The van der Waals surface area contributed by atoms with Crippen LogP contribution in [0.5, 0.6) is 0 Å². The minimum atomic E-state index is -3.24. The molecular formula is C17H13F2NO3. The van der Waals surface area contributed by atoms with Crippen LogP contribution in [-0.2, 0) is 17.1 Å². The number of oxazole rings is 1. The van der Waals surface area contributed by atoms with Crippen LogP contribution in [-0.4, -0.2) is 18.1 Å². The Labute approximate surface area is 130 Å². The van der Waals surface area contributed by atoms with E-state index in [1.165, 1.54) is 31.4 Å². The zero-order valence-corrected chi connectivity index (χ0v) is 12.3. The number of benzene rings is 2. The van der Waals surface area contributed by atoms with Gasteiger partial charge in [0.1, 0.15) is 5.52 Å². The van der Waals surface area contributed by atoms with E-state index in [0.717, 1.165) is 0 Å². The van der Waals surface area contributed by atoms with Crippen molar-refractivity contribution < 1.29 is 22.7 Å². The molecule has 0 aliphatic heterocycles. The number of halogens is 2. The van der Waals surface area contributed by atoms with Crippen molar-refractivity contribution in [2.24, 2.45) is 0 Å². The molecule has 4 nitrogen and oxygen atoms in total. The molecule has 0 aliphatic rings. The smallest absolute Gasteiger partial charge is 0.337 e. The molecule has 0 fully saturated rings. The SMILES string of the molecule is COC(=O)c1ccc(CC(F)(F)c2nc3ccccc3o2)cc1. The molecule has 0 radical (unpaired) electrons. The third kappa shape index (κ3) is 3.06. The highest BCUT2D eigenvalue weighted by molar-refractivity contribution is 5.89. The highest BCUT2D eigenvalue weighted by Gasteiger charge is 2.37. The van der Waals surface area contributed by atoms with Gasteiger partial charge in [0.05, 0.1) is 12.7 Å². The van der Waals surface area contributed by atoms with E-state index in [9.17, 15) is 13.6 Å². The summed E-state index contributed by atoms with van der Waals surface area (Å²) >= 11 is 0. The molecule has 0 atom stereocenters. The van der Waals surface area contributed by atoms with Crippen molar-refractivity contribution >= 4 is 17.1 Å². The standard InChI is InChI=1S/C17H13F2NO3/c1-22-15(21)12-8-6-11(7-9-12)10-17(18,19)16-20-13-4-2-3-5-14(13)23-16/h2-9H,10H2,1H3. The van der Waals surface area contributed by atoms with Crippen molar-refractivity contribution in [2.75, 3.05) is 7.11 Å². The molecule has 0 unspecified atom stereocenters. The Morgan fingerprint density at radius 2 is 1.87 bits per heavy atom. The number of aromatic nitrogens is 1. The Balaban J connectivity index is 1.83. The molecule has 118 valence electrons. The molecule has 0 N–H and O–H groups in total. The van der Waals surface area contributed by atoms with Gasteiger partial charge < -0.3 is 9.15 Å². The van der Waals surface area contributed by atoms with Gasteiger partial charge in [0.15, 0.2) is 5.58 Å². The topological polar surface area (TPSA) is 52.3 Å². The van der Waals surface area contributed by atoms with Crippen molar-refractivity contribution in [1.29, 1.82) is 0 Å². The second-order valence-corrected chi connectivity index (χ2v) is 5.06. The Bertz CT molecular complexity index is 807. The molecule has 0 bridgehead atoms. The molecule has 2 aromatic carbocycles. The van der Waals surface area contributed by atoms with Gasteiger partial charge in [0, 0.05) is 6.42 Å². The van der Waals surface area contributed by atoms with E-state index in [4.69, 9.17) is 4.42 Å². The maximum Gasteiger partial charge on any atom is 0.337 e. The van der Waals surface area contributed by atoms with Crippen LogP contribution in [0.25, 0.3) is 11.1 Å². The summed E-state index contributed by atoms with van der Waals surface area (Å²) in [5, 5.41) is 0. The summed E-state index contributed by atoms with van der Waals surface area (Å²) < 4.78 is 38.4. The molecule has 0 saturated heterocycles. The van der Waals surface area contributed by atoms with Gasteiger partial charge >= 0.3 is 11.9 Å². The van der Waals surface area contributed by atoms with Gasteiger partial charge in [0.2, 0.25) is 0 Å². The minimum absolute atomic E-state index is 0.307. The average molecular weight is 317 g/mol. The average Bonchev–Trinajstić information content (AvgIpc) is 2.99. The van der Waals surface area contributed by atoms with E-state index in [0.29, 0.717) is 22.2 Å². The summed E-state index contributed by atoms with van der Waals surface area (Å²) in [5.74, 6) is -4.37. The largest absolute Gasteiger partial charge is 0.465 e. The quantitative estimate of drug-likeness (QED) is 0.684. The number of para-hydroxylation sites is 2. The van der Waals surface area contributed by atoms with Gasteiger partial charge in [-0.25, -0.2) is 9.78 Å². The van der Waals surface area contributed by atoms with Crippen molar-refractivity contribution in [3.63, 3.8) is 0 Å². The Kier molecular flexibility index (Phi) is 3.82. The van der Waals surface area contributed by atoms with Crippen LogP contribution in [0, 0.1) is 0 Å². The number of carbonyl (C=O) groups is 1. The first-order valence-electron chi connectivity index (χ1n) is 6.91. The third-order valence-electron chi connectivity index (χ3n) is 3.41. The van der Waals surface area contributed by atoms with Crippen LogP contribution >= 0.6 is 0 Å². The second-order valence-electron chi connectivity index (χ2n) is 5.06. The number of rotatable bonds is 4. The first kappa shape index (κ1) is 15.1. The normalized spacial score (nSPS) is 11.6. The zero-order valence-electron chi connectivity index (χ0n) is 12.3. The lowest BCUT2D eigenvalue weighted by Crippen LogP contribution is -2.17. The predicted molar refractivity (Wildman–Crippen MR) is 79.4 cm³/mol. The molecule has 1 aromatic heterocycles. The minimum Gasteiger partial charge on any atom is -0.465 e. The van der Waals surface area contributed by atoms with E-state index in [1.807, 2.05) is 0 Å². The van der Waals surface area contributed by atoms with Crippen molar-refractivity contribution in [2.45, 2.75) is 12.3 Å². The number of carbonyl (C=O) groups excluding carboxylic acids is 1. The molecule has 23 heavy (non-hydrogen) atoms. The molecule has 3 rings (SSSR count). The molecule has 0 aliphatic carbocycles. The van der Waals surface area contributed by atoms with Gasteiger partial charge in [0.25, 0.3) is 5.89 Å². The van der Waals surface area contributed by atoms with Crippen LogP contribution in [0.15, 0.2) is 52.9 Å². The lowest BCUT2D eigenvalue weighted by Gasteiger charge is -2.12. The maximum absolute atomic E-state index is 14.4. The monoisotopic (exact) mass is 317 g/mol. The van der Waals surface area contributed by atoms with Crippen LogP contribution in [0.2, 0.25) is 0 Å². The van der Waals surface area contributed by atoms with Crippen LogP contribution in [0.4, 0.5) is 8.78 Å². The molecular weight excluding hydrogens is 304 g/mol. The Morgan fingerprint density at radius 1 is 1.17 bits per heavy atom.